The van der Waals surface area contributed by atoms with E-state index >= 15 is 0 Å². The van der Waals surface area contributed by atoms with Gasteiger partial charge in [0, 0.05) is 6.54 Å². The van der Waals surface area contributed by atoms with Gasteiger partial charge in [-0.1, -0.05) is 23.8 Å². The van der Waals surface area contributed by atoms with Gasteiger partial charge >= 0.3 is 11.4 Å². The number of aliphatic hydroxyl groups excluding tert-OH is 1. The van der Waals surface area contributed by atoms with Crippen molar-refractivity contribution in [3.05, 3.63) is 45.9 Å². The molecule has 174 valence electrons. The molecule has 0 unspecified atom stereocenters. The van der Waals surface area contributed by atoms with E-state index in [1.165, 1.54) is 6.07 Å². The van der Waals surface area contributed by atoms with E-state index in [-0.39, 0.29) is 30.4 Å². The number of piperidine rings is 1. The molecule has 32 heavy (non-hydrogen) atoms. The second kappa shape index (κ2) is 9.54. The largest absolute Gasteiger partial charge is 0.416 e. The number of nitrogens with zero attached hydrogens (tertiary/aromatic N) is 2. The SMILES string of the molecule is Cc1ccc(CN2CCC(/C=C3\SC(=O)N=C3N[C@@H]3COC[C@H]3O)CC2)c(C(F)(F)F)c1. The first-order valence-electron chi connectivity index (χ1n) is 10.6. The molecule has 2 atom stereocenters. The van der Waals surface area contributed by atoms with Crippen LogP contribution in [0.1, 0.15) is 29.5 Å². The van der Waals surface area contributed by atoms with E-state index < -0.39 is 17.8 Å². The van der Waals surface area contributed by atoms with Gasteiger partial charge in [-0.25, -0.2) is 0 Å². The average molecular weight is 470 g/mol. The zero-order valence-corrected chi connectivity index (χ0v) is 18.5. The molecule has 10 heteroatoms. The number of hydrogen-bond donors (Lipinski definition) is 2. The van der Waals surface area contributed by atoms with Gasteiger partial charge in [0.25, 0.3) is 0 Å². The number of halogens is 3. The number of nitrogens with one attached hydrogen (secondary N) is 1. The number of allylic oxidation sites excluding steroid dienone is 1. The fourth-order valence-electron chi connectivity index (χ4n) is 4.21. The quantitative estimate of drug-likeness (QED) is 0.700. The van der Waals surface area contributed by atoms with Crippen LogP contribution < -0.4 is 5.32 Å². The molecule has 2 fully saturated rings. The molecule has 3 aliphatic rings. The lowest BCUT2D eigenvalue weighted by molar-refractivity contribution is -0.138. The Hall–Kier alpha value is -1.88. The van der Waals surface area contributed by atoms with Gasteiger partial charge in [-0.15, -0.1) is 0 Å². The first-order chi connectivity index (χ1) is 15.2. The Bertz CT molecular complexity index is 927. The highest BCUT2D eigenvalue weighted by Gasteiger charge is 2.34. The van der Waals surface area contributed by atoms with Crippen molar-refractivity contribution in [1.29, 1.82) is 0 Å². The summed E-state index contributed by atoms with van der Waals surface area (Å²) in [6, 6.07) is 4.20. The summed E-state index contributed by atoms with van der Waals surface area (Å²) < 4.78 is 45.5. The Balaban J connectivity index is 1.36. The Morgan fingerprint density at radius 2 is 2.06 bits per heavy atom. The summed E-state index contributed by atoms with van der Waals surface area (Å²) in [7, 11) is 0. The minimum absolute atomic E-state index is 0.205. The predicted octanol–water partition coefficient (Wildman–Crippen LogP) is 3.72. The van der Waals surface area contributed by atoms with E-state index in [1.807, 2.05) is 11.0 Å². The summed E-state index contributed by atoms with van der Waals surface area (Å²) in [6.07, 6.45) is -1.42. The van der Waals surface area contributed by atoms with Crippen molar-refractivity contribution in [1.82, 2.24) is 10.2 Å². The van der Waals surface area contributed by atoms with Gasteiger partial charge in [0.2, 0.25) is 0 Å². The van der Waals surface area contributed by atoms with Gasteiger partial charge in [0.05, 0.1) is 35.8 Å². The van der Waals surface area contributed by atoms with E-state index in [0.717, 1.165) is 29.5 Å². The number of benzene rings is 1. The second-order valence-electron chi connectivity index (χ2n) is 8.49. The molecule has 3 aliphatic heterocycles. The van der Waals surface area contributed by atoms with Crippen LogP contribution in [0.5, 0.6) is 0 Å². The topological polar surface area (TPSA) is 74.2 Å². The Kier molecular flexibility index (Phi) is 6.94. The maximum Gasteiger partial charge on any atom is 0.416 e. The van der Waals surface area contributed by atoms with E-state index in [4.69, 9.17) is 4.74 Å². The third-order valence-electron chi connectivity index (χ3n) is 5.99. The number of carbonyl (C=O) groups excluding carboxylic acids is 1. The molecule has 0 radical (unpaired) electrons. The first-order valence-corrected chi connectivity index (χ1v) is 11.4. The van der Waals surface area contributed by atoms with Crippen LogP contribution in [0.2, 0.25) is 0 Å². The van der Waals surface area contributed by atoms with Gasteiger partial charge in [-0.2, -0.15) is 18.2 Å². The van der Waals surface area contributed by atoms with Gasteiger partial charge < -0.3 is 15.2 Å². The number of hydrogen-bond acceptors (Lipinski definition) is 6. The van der Waals surface area contributed by atoms with Crippen LogP contribution in [-0.4, -0.2) is 59.5 Å². The Morgan fingerprint density at radius 1 is 1.31 bits per heavy atom. The molecule has 1 amide bonds. The maximum absolute atomic E-state index is 13.4. The molecule has 1 aromatic carbocycles. The number of aryl methyl sites for hydroxylation is 1. The van der Waals surface area contributed by atoms with Crippen molar-refractivity contribution < 1.29 is 27.8 Å². The summed E-state index contributed by atoms with van der Waals surface area (Å²) in [6.45, 7) is 3.88. The number of aliphatic hydroxyl groups is 1. The van der Waals surface area contributed by atoms with Crippen molar-refractivity contribution in [2.24, 2.45) is 10.9 Å². The van der Waals surface area contributed by atoms with Crippen LogP contribution >= 0.6 is 11.8 Å². The minimum Gasteiger partial charge on any atom is -0.388 e. The van der Waals surface area contributed by atoms with Crippen LogP contribution in [-0.2, 0) is 17.5 Å². The fourth-order valence-corrected chi connectivity index (χ4v) is 5.00. The number of amides is 1. The molecule has 0 spiro atoms. The lowest BCUT2D eigenvalue weighted by Gasteiger charge is -2.31. The van der Waals surface area contributed by atoms with Gasteiger partial charge in [0.1, 0.15) is 5.84 Å². The second-order valence-corrected chi connectivity index (χ2v) is 9.48. The van der Waals surface area contributed by atoms with Gasteiger partial charge in [-0.05, 0) is 62.2 Å². The molecule has 0 aromatic heterocycles. The molecule has 6 nitrogen and oxygen atoms in total. The number of alkyl halides is 3. The number of carbonyl (C=O) groups is 1. The van der Waals surface area contributed by atoms with Crippen molar-refractivity contribution in [2.75, 3.05) is 26.3 Å². The van der Waals surface area contributed by atoms with Gasteiger partial charge in [0.15, 0.2) is 0 Å². The summed E-state index contributed by atoms with van der Waals surface area (Å²) >= 11 is 1.06. The zero-order valence-electron chi connectivity index (χ0n) is 17.7. The smallest absolute Gasteiger partial charge is 0.388 e. The number of aliphatic imine (C=N–C) groups is 1. The highest BCUT2D eigenvalue weighted by atomic mass is 32.2. The first kappa shape index (κ1) is 23.3. The molecule has 4 rings (SSSR count). The molecule has 0 aliphatic carbocycles. The van der Waals surface area contributed by atoms with E-state index in [9.17, 15) is 23.1 Å². The van der Waals surface area contributed by atoms with E-state index in [2.05, 4.69) is 10.3 Å². The Labute approximate surface area is 188 Å². The molecule has 1 aromatic rings. The lowest BCUT2D eigenvalue weighted by atomic mass is 9.95. The van der Waals surface area contributed by atoms with Crippen molar-refractivity contribution in [3.8, 4) is 0 Å². The summed E-state index contributed by atoms with van der Waals surface area (Å²) in [5.41, 5.74) is 0.332. The molecule has 2 saturated heterocycles. The third-order valence-corrected chi connectivity index (χ3v) is 6.81. The molecule has 3 heterocycles. The highest BCUT2D eigenvalue weighted by Crippen LogP contribution is 2.35. The third kappa shape index (κ3) is 5.54. The molecule has 0 bridgehead atoms. The number of rotatable bonds is 4. The van der Waals surface area contributed by atoms with Crippen LogP contribution in [0.15, 0.2) is 34.2 Å². The van der Waals surface area contributed by atoms with Crippen molar-refractivity contribution in [3.63, 3.8) is 0 Å². The summed E-state index contributed by atoms with van der Waals surface area (Å²) in [5.74, 6) is 0.669. The van der Waals surface area contributed by atoms with E-state index in [1.54, 1.807) is 19.1 Å². The highest BCUT2D eigenvalue weighted by molar-refractivity contribution is 8.18. The van der Waals surface area contributed by atoms with Gasteiger partial charge in [-0.3, -0.25) is 9.69 Å². The standard InChI is InChI=1S/C22H26F3N3O3S/c1-13-2-3-15(16(8-13)22(23,24)25)10-28-6-4-14(5-7-28)9-19-20(27-21(30)32-19)26-17-11-31-12-18(17)29/h2-3,8-9,14,17-18,29H,4-7,10-12H2,1H3,(H,26,27,30)/b19-9-/t17-,18-/m1/s1. The maximum atomic E-state index is 13.4. The average Bonchev–Trinajstić information content (AvgIpc) is 3.29. The van der Waals surface area contributed by atoms with E-state index in [0.29, 0.717) is 36.7 Å². The monoisotopic (exact) mass is 469 g/mol. The molecule has 2 N–H and O–H groups in total. The number of thioether (sulfide) groups is 1. The van der Waals surface area contributed by atoms with Crippen LogP contribution in [0, 0.1) is 12.8 Å². The predicted molar refractivity (Wildman–Crippen MR) is 116 cm³/mol. The van der Waals surface area contributed by atoms with Crippen molar-refractivity contribution in [2.45, 2.75) is 44.6 Å². The van der Waals surface area contributed by atoms with Crippen LogP contribution in [0.25, 0.3) is 0 Å². The summed E-state index contributed by atoms with van der Waals surface area (Å²) in [4.78, 5) is 18.7. The molecular weight excluding hydrogens is 443 g/mol. The fraction of sp³-hybridized carbons (Fsp3) is 0.545. The molecular formula is C22H26F3N3O3S. The molecule has 0 saturated carbocycles. The van der Waals surface area contributed by atoms with Crippen LogP contribution in [0.3, 0.4) is 0 Å². The van der Waals surface area contributed by atoms with Crippen LogP contribution in [0.4, 0.5) is 18.0 Å². The van der Waals surface area contributed by atoms with Crippen molar-refractivity contribution >= 4 is 22.8 Å². The number of ether oxygens (including phenoxy) is 1. The normalized spacial score (nSPS) is 26.7. The Morgan fingerprint density at radius 3 is 2.72 bits per heavy atom. The lowest BCUT2D eigenvalue weighted by Crippen LogP contribution is -2.42. The minimum atomic E-state index is -4.36. The summed E-state index contributed by atoms with van der Waals surface area (Å²) in [5, 5.41) is 12.7. The zero-order chi connectivity index (χ0) is 22.9. The number of amidine groups is 1. The number of likely N-dealkylation sites (tertiary alicyclic amines) is 1.